The van der Waals surface area contributed by atoms with Crippen LogP contribution in [0.3, 0.4) is 0 Å². The van der Waals surface area contributed by atoms with Gasteiger partial charge in [0.2, 0.25) is 0 Å². The second-order valence-corrected chi connectivity index (χ2v) is 5.20. The predicted octanol–water partition coefficient (Wildman–Crippen LogP) is 3.40. The van der Waals surface area contributed by atoms with Crippen LogP contribution >= 0.6 is 0 Å². The Morgan fingerprint density at radius 2 is 2.26 bits per heavy atom. The molecule has 0 amide bonds. The summed E-state index contributed by atoms with van der Waals surface area (Å²) in [5, 5.41) is 3.57. The van der Waals surface area contributed by atoms with Gasteiger partial charge in [0.05, 0.1) is 17.1 Å². The summed E-state index contributed by atoms with van der Waals surface area (Å²) in [7, 11) is 0. The van der Waals surface area contributed by atoms with Crippen molar-refractivity contribution in [1.29, 1.82) is 0 Å². The lowest BCUT2D eigenvalue weighted by molar-refractivity contribution is 0.487. The fourth-order valence-corrected chi connectivity index (χ4v) is 2.97. The monoisotopic (exact) mass is 261 g/mol. The average Bonchev–Trinajstić information content (AvgIpc) is 2.60. The molecule has 0 saturated carbocycles. The normalized spacial score (nSPS) is 20.6. The van der Waals surface area contributed by atoms with Crippen LogP contribution in [0.4, 0.5) is 4.39 Å². The highest BCUT2D eigenvalue weighted by molar-refractivity contribution is 5.76. The number of benzene rings is 1. The lowest BCUT2D eigenvalue weighted by Gasteiger charge is -2.16. The van der Waals surface area contributed by atoms with Gasteiger partial charge in [-0.1, -0.05) is 12.8 Å². The SMILES string of the molecule is CCn1c(C2CCCCCN2)nc2cc(F)ccc21. The minimum Gasteiger partial charge on any atom is -0.327 e. The number of imidazole rings is 1. The molecule has 1 fully saturated rings. The molecule has 3 rings (SSSR count). The lowest BCUT2D eigenvalue weighted by atomic mass is 10.1. The molecule has 3 nitrogen and oxygen atoms in total. The van der Waals surface area contributed by atoms with E-state index in [2.05, 4.69) is 21.8 Å². The molecule has 19 heavy (non-hydrogen) atoms. The molecule has 102 valence electrons. The maximum Gasteiger partial charge on any atom is 0.127 e. The molecule has 0 aliphatic carbocycles. The van der Waals surface area contributed by atoms with E-state index in [9.17, 15) is 4.39 Å². The zero-order chi connectivity index (χ0) is 13.2. The van der Waals surface area contributed by atoms with Crippen LogP contribution in [0.25, 0.3) is 11.0 Å². The van der Waals surface area contributed by atoms with E-state index in [1.165, 1.54) is 31.4 Å². The second-order valence-electron chi connectivity index (χ2n) is 5.20. The van der Waals surface area contributed by atoms with Crippen LogP contribution in [0.5, 0.6) is 0 Å². The van der Waals surface area contributed by atoms with E-state index in [1.807, 2.05) is 6.07 Å². The zero-order valence-electron chi connectivity index (χ0n) is 11.3. The van der Waals surface area contributed by atoms with E-state index < -0.39 is 0 Å². The largest absolute Gasteiger partial charge is 0.327 e. The Morgan fingerprint density at radius 3 is 3.11 bits per heavy atom. The molecule has 4 heteroatoms. The minimum atomic E-state index is -0.214. The fraction of sp³-hybridized carbons (Fsp3) is 0.533. The molecule has 2 heterocycles. The molecule has 0 bridgehead atoms. The van der Waals surface area contributed by atoms with Gasteiger partial charge in [0, 0.05) is 12.6 Å². The first-order valence-corrected chi connectivity index (χ1v) is 7.18. The van der Waals surface area contributed by atoms with Crippen molar-refractivity contribution in [3.05, 3.63) is 29.8 Å². The maximum atomic E-state index is 13.3. The van der Waals surface area contributed by atoms with Crippen LogP contribution in [0, 0.1) is 5.82 Å². The molecule has 0 radical (unpaired) electrons. The number of aryl methyl sites for hydroxylation is 1. The van der Waals surface area contributed by atoms with Crippen molar-refractivity contribution in [3.8, 4) is 0 Å². The van der Waals surface area contributed by atoms with Gasteiger partial charge < -0.3 is 9.88 Å². The summed E-state index contributed by atoms with van der Waals surface area (Å²) >= 11 is 0. The Balaban J connectivity index is 2.06. The van der Waals surface area contributed by atoms with E-state index in [1.54, 1.807) is 0 Å². The molecule has 1 unspecified atom stereocenters. The molecule has 1 atom stereocenters. The van der Waals surface area contributed by atoms with Crippen molar-refractivity contribution in [2.24, 2.45) is 0 Å². The number of nitrogens with one attached hydrogen (secondary N) is 1. The number of rotatable bonds is 2. The van der Waals surface area contributed by atoms with E-state index in [-0.39, 0.29) is 5.82 Å². The number of hydrogen-bond donors (Lipinski definition) is 1. The van der Waals surface area contributed by atoms with Crippen molar-refractivity contribution < 1.29 is 4.39 Å². The van der Waals surface area contributed by atoms with E-state index >= 15 is 0 Å². The number of nitrogens with zero attached hydrogens (tertiary/aromatic N) is 2. The maximum absolute atomic E-state index is 13.3. The van der Waals surface area contributed by atoms with E-state index in [4.69, 9.17) is 0 Å². The van der Waals surface area contributed by atoms with Crippen LogP contribution in [-0.4, -0.2) is 16.1 Å². The van der Waals surface area contributed by atoms with Crippen molar-refractivity contribution >= 4 is 11.0 Å². The Labute approximate surface area is 112 Å². The van der Waals surface area contributed by atoms with Gasteiger partial charge in [-0.05, 0) is 38.4 Å². The molecular formula is C15H20FN3. The summed E-state index contributed by atoms with van der Waals surface area (Å²) < 4.78 is 15.5. The van der Waals surface area contributed by atoms with Gasteiger partial charge >= 0.3 is 0 Å². The summed E-state index contributed by atoms with van der Waals surface area (Å²) in [6.45, 7) is 4.03. The van der Waals surface area contributed by atoms with Gasteiger partial charge in [0.25, 0.3) is 0 Å². The third-order valence-corrected chi connectivity index (χ3v) is 3.93. The van der Waals surface area contributed by atoms with Gasteiger partial charge in [-0.25, -0.2) is 9.37 Å². The summed E-state index contributed by atoms with van der Waals surface area (Å²) in [5.41, 5.74) is 1.80. The van der Waals surface area contributed by atoms with E-state index in [0.717, 1.165) is 36.4 Å². The first-order chi connectivity index (χ1) is 9.29. The molecule has 1 aromatic heterocycles. The van der Waals surface area contributed by atoms with Gasteiger partial charge in [-0.3, -0.25) is 0 Å². The highest BCUT2D eigenvalue weighted by atomic mass is 19.1. The number of fused-ring (bicyclic) bond motifs is 1. The van der Waals surface area contributed by atoms with Crippen molar-refractivity contribution in [2.45, 2.75) is 45.2 Å². The molecule has 1 aliphatic rings. The van der Waals surface area contributed by atoms with Crippen LogP contribution in [0.2, 0.25) is 0 Å². The van der Waals surface area contributed by atoms with Gasteiger partial charge in [0.1, 0.15) is 11.6 Å². The number of aromatic nitrogens is 2. The molecule has 1 aromatic carbocycles. The topological polar surface area (TPSA) is 29.9 Å². The third-order valence-electron chi connectivity index (χ3n) is 3.93. The standard InChI is InChI=1S/C15H20FN3/c1-2-19-14-8-7-11(16)10-13(14)18-15(19)12-6-4-3-5-9-17-12/h7-8,10,12,17H,2-6,9H2,1H3. The predicted molar refractivity (Wildman–Crippen MR) is 74.6 cm³/mol. The van der Waals surface area contributed by atoms with Crippen molar-refractivity contribution in [1.82, 2.24) is 14.9 Å². The molecule has 1 saturated heterocycles. The van der Waals surface area contributed by atoms with Gasteiger partial charge in [-0.2, -0.15) is 0 Å². The number of hydrogen-bond acceptors (Lipinski definition) is 2. The zero-order valence-corrected chi connectivity index (χ0v) is 11.3. The molecule has 2 aromatic rings. The Morgan fingerprint density at radius 1 is 1.37 bits per heavy atom. The molecular weight excluding hydrogens is 241 g/mol. The summed E-state index contributed by atoms with van der Waals surface area (Å²) in [6, 6.07) is 5.18. The lowest BCUT2D eigenvalue weighted by Crippen LogP contribution is -2.23. The molecule has 0 spiro atoms. The highest BCUT2D eigenvalue weighted by Gasteiger charge is 2.20. The summed E-state index contributed by atoms with van der Waals surface area (Å²) in [4.78, 5) is 4.67. The quantitative estimate of drug-likeness (QED) is 0.898. The fourth-order valence-electron chi connectivity index (χ4n) is 2.97. The average molecular weight is 261 g/mol. The van der Waals surface area contributed by atoms with E-state index in [0.29, 0.717) is 6.04 Å². The van der Waals surface area contributed by atoms with Gasteiger partial charge in [0.15, 0.2) is 0 Å². The minimum absolute atomic E-state index is 0.214. The number of halogens is 1. The third kappa shape index (κ3) is 2.37. The van der Waals surface area contributed by atoms with Crippen LogP contribution < -0.4 is 5.32 Å². The Bertz CT molecular complexity index is 568. The first kappa shape index (κ1) is 12.6. The van der Waals surface area contributed by atoms with Crippen LogP contribution in [0.15, 0.2) is 18.2 Å². The first-order valence-electron chi connectivity index (χ1n) is 7.18. The van der Waals surface area contributed by atoms with Crippen LogP contribution in [0.1, 0.15) is 44.5 Å². The van der Waals surface area contributed by atoms with Crippen LogP contribution in [-0.2, 0) is 6.54 Å². The smallest absolute Gasteiger partial charge is 0.127 e. The Kier molecular flexibility index (Phi) is 3.51. The van der Waals surface area contributed by atoms with Crippen molar-refractivity contribution in [2.75, 3.05) is 6.54 Å². The second kappa shape index (κ2) is 5.29. The molecule has 1 N–H and O–H groups in total. The van der Waals surface area contributed by atoms with Crippen molar-refractivity contribution in [3.63, 3.8) is 0 Å². The highest BCUT2D eigenvalue weighted by Crippen LogP contribution is 2.26. The summed E-state index contributed by atoms with van der Waals surface area (Å²) in [5.74, 6) is 0.846. The Hall–Kier alpha value is -1.42. The summed E-state index contributed by atoms with van der Waals surface area (Å²) in [6.07, 6.45) is 4.87. The molecule has 1 aliphatic heterocycles. The van der Waals surface area contributed by atoms with Gasteiger partial charge in [-0.15, -0.1) is 0 Å².